The van der Waals surface area contributed by atoms with E-state index in [-0.39, 0.29) is 11.8 Å². The van der Waals surface area contributed by atoms with E-state index in [0.717, 1.165) is 11.4 Å². The van der Waals surface area contributed by atoms with Gasteiger partial charge in [0.15, 0.2) is 0 Å². The average molecular weight is 306 g/mol. The Morgan fingerprint density at radius 2 is 2.29 bits per heavy atom. The topological polar surface area (TPSA) is 55.4 Å². The molecule has 1 N–H and O–H groups in total. The van der Waals surface area contributed by atoms with Gasteiger partial charge in [-0.3, -0.25) is 4.79 Å². The van der Waals surface area contributed by atoms with Gasteiger partial charge in [-0.15, -0.1) is 0 Å². The van der Waals surface area contributed by atoms with Gasteiger partial charge in [0.05, 0.1) is 7.11 Å². The fraction of sp³-hybridized carbons (Fsp3) is 0.375. The molecule has 0 spiro atoms. The van der Waals surface area contributed by atoms with Gasteiger partial charge < -0.3 is 10.1 Å². The van der Waals surface area contributed by atoms with Crippen LogP contribution in [0.1, 0.15) is 17.0 Å². The zero-order chi connectivity index (χ0) is 15.0. The van der Waals surface area contributed by atoms with E-state index in [2.05, 4.69) is 10.1 Å². The molecule has 2 aliphatic carbocycles. The molecule has 1 aromatic rings. The molecule has 1 fully saturated rings. The molecule has 0 aliphatic heterocycles. The molecule has 3 unspecified atom stereocenters. The first-order valence-electron chi connectivity index (χ1n) is 6.92. The molecule has 21 heavy (non-hydrogen) atoms. The molecule has 4 nitrogen and oxygen atoms in total. The van der Waals surface area contributed by atoms with Crippen molar-refractivity contribution >= 4 is 23.5 Å². The van der Waals surface area contributed by atoms with Gasteiger partial charge in [-0.1, -0.05) is 23.7 Å². The van der Waals surface area contributed by atoms with E-state index in [9.17, 15) is 9.59 Å². The summed E-state index contributed by atoms with van der Waals surface area (Å²) in [6, 6.07) is 5.92. The van der Waals surface area contributed by atoms with Gasteiger partial charge in [0.25, 0.3) is 0 Å². The number of methoxy groups -OCH3 is 1. The molecule has 2 aliphatic rings. The summed E-state index contributed by atoms with van der Waals surface area (Å²) in [6.45, 7) is 0.345. The molecule has 1 aromatic carbocycles. The van der Waals surface area contributed by atoms with Crippen molar-refractivity contribution in [1.82, 2.24) is 5.32 Å². The maximum atomic E-state index is 12.1. The van der Waals surface area contributed by atoms with Crippen LogP contribution in [0.15, 0.2) is 30.4 Å². The molecule has 3 rings (SSSR count). The number of nitrogens with one attached hydrogen (secondary N) is 1. The molecule has 0 aromatic heterocycles. The number of ether oxygens (including phenoxy) is 1. The minimum absolute atomic E-state index is 0.0557. The summed E-state index contributed by atoms with van der Waals surface area (Å²) < 4.78 is 4.48. The summed E-state index contributed by atoms with van der Waals surface area (Å²) in [7, 11) is 1.32. The maximum Gasteiger partial charge on any atom is 0.330 e. The lowest BCUT2D eigenvalue weighted by Crippen LogP contribution is -2.26. The first kappa shape index (κ1) is 14.1. The van der Waals surface area contributed by atoms with Crippen LogP contribution in [0.3, 0.4) is 0 Å². The molecule has 1 amide bonds. The van der Waals surface area contributed by atoms with E-state index < -0.39 is 5.97 Å². The van der Waals surface area contributed by atoms with Crippen LogP contribution in [0.5, 0.6) is 0 Å². The van der Waals surface area contributed by atoms with Crippen molar-refractivity contribution in [2.24, 2.45) is 11.8 Å². The Labute approximate surface area is 128 Å². The highest BCUT2D eigenvalue weighted by atomic mass is 35.5. The van der Waals surface area contributed by atoms with E-state index in [0.29, 0.717) is 18.4 Å². The van der Waals surface area contributed by atoms with Crippen LogP contribution in [-0.2, 0) is 20.7 Å². The van der Waals surface area contributed by atoms with Gasteiger partial charge in [-0.05, 0) is 41.5 Å². The predicted molar refractivity (Wildman–Crippen MR) is 79.0 cm³/mol. The van der Waals surface area contributed by atoms with Crippen LogP contribution in [0.2, 0.25) is 5.02 Å². The van der Waals surface area contributed by atoms with Crippen molar-refractivity contribution in [3.63, 3.8) is 0 Å². The number of halogens is 1. The summed E-state index contributed by atoms with van der Waals surface area (Å²) >= 11 is 5.98. The molecule has 0 saturated heterocycles. The van der Waals surface area contributed by atoms with Gasteiger partial charge in [-0.2, -0.15) is 0 Å². The Kier molecular flexibility index (Phi) is 3.72. The van der Waals surface area contributed by atoms with Crippen molar-refractivity contribution in [2.45, 2.75) is 12.3 Å². The van der Waals surface area contributed by atoms with E-state index in [1.54, 1.807) is 6.08 Å². The number of carbonyl (C=O) groups is 2. The highest BCUT2D eigenvalue weighted by molar-refractivity contribution is 6.30. The van der Waals surface area contributed by atoms with Gasteiger partial charge in [0.2, 0.25) is 5.91 Å². The summed E-state index contributed by atoms with van der Waals surface area (Å²) in [5.41, 5.74) is 2.53. The number of hydrogen-bond donors (Lipinski definition) is 1. The summed E-state index contributed by atoms with van der Waals surface area (Å²) in [5.74, 6) is 0.438. The third-order valence-corrected chi connectivity index (χ3v) is 4.48. The van der Waals surface area contributed by atoms with Gasteiger partial charge in [-0.25, -0.2) is 4.79 Å². The van der Waals surface area contributed by atoms with Crippen molar-refractivity contribution in [1.29, 1.82) is 0 Å². The highest BCUT2D eigenvalue weighted by Crippen LogP contribution is 2.61. The van der Waals surface area contributed by atoms with Crippen LogP contribution in [0.25, 0.3) is 0 Å². The van der Waals surface area contributed by atoms with Crippen LogP contribution in [0.4, 0.5) is 0 Å². The Morgan fingerprint density at radius 3 is 3.05 bits per heavy atom. The Bertz CT molecular complexity index is 626. The zero-order valence-electron chi connectivity index (χ0n) is 11.6. The second-order valence-electron chi connectivity index (χ2n) is 5.43. The number of benzene rings is 1. The third kappa shape index (κ3) is 2.68. The Hall–Kier alpha value is -1.81. The molecule has 0 radical (unpaired) electrons. The fourth-order valence-electron chi connectivity index (χ4n) is 3.24. The molecule has 110 valence electrons. The lowest BCUT2D eigenvalue weighted by atomic mass is 10.0. The third-order valence-electron chi connectivity index (χ3n) is 4.24. The quantitative estimate of drug-likeness (QED) is 0.684. The molecule has 0 bridgehead atoms. The lowest BCUT2D eigenvalue weighted by Gasteiger charge is -2.08. The minimum Gasteiger partial charge on any atom is -0.466 e. The van der Waals surface area contributed by atoms with Gasteiger partial charge in [0.1, 0.15) is 0 Å². The highest BCUT2D eigenvalue weighted by Gasteiger charge is 2.59. The SMILES string of the molecule is COC(=O)/C=C/CNC(=O)C1C2Cc3cc(Cl)ccc3C21. The smallest absolute Gasteiger partial charge is 0.330 e. The van der Waals surface area contributed by atoms with Crippen molar-refractivity contribution in [3.05, 3.63) is 46.5 Å². The van der Waals surface area contributed by atoms with Crippen LogP contribution in [0, 0.1) is 11.8 Å². The molecular formula is C16H16ClNO3. The summed E-state index contributed by atoms with van der Waals surface area (Å²) in [6.07, 6.45) is 3.83. The summed E-state index contributed by atoms with van der Waals surface area (Å²) in [5, 5.41) is 3.59. The number of rotatable bonds is 4. The van der Waals surface area contributed by atoms with E-state index in [1.165, 1.54) is 24.3 Å². The van der Waals surface area contributed by atoms with Crippen LogP contribution < -0.4 is 5.32 Å². The zero-order valence-corrected chi connectivity index (χ0v) is 12.4. The predicted octanol–water partition coefficient (Wildman–Crippen LogP) is 2.07. The first-order chi connectivity index (χ1) is 10.1. The lowest BCUT2D eigenvalue weighted by molar-refractivity contribution is -0.134. The van der Waals surface area contributed by atoms with E-state index in [1.807, 2.05) is 18.2 Å². The van der Waals surface area contributed by atoms with Crippen LogP contribution in [-0.4, -0.2) is 25.5 Å². The monoisotopic (exact) mass is 305 g/mol. The number of amides is 1. The number of hydrogen-bond acceptors (Lipinski definition) is 3. The Balaban J connectivity index is 1.54. The molecule has 3 atom stereocenters. The Morgan fingerprint density at radius 1 is 1.48 bits per heavy atom. The van der Waals surface area contributed by atoms with Crippen molar-refractivity contribution < 1.29 is 14.3 Å². The average Bonchev–Trinajstić information content (AvgIpc) is 3.06. The number of fused-ring (bicyclic) bond motifs is 3. The van der Waals surface area contributed by atoms with E-state index in [4.69, 9.17) is 11.6 Å². The first-order valence-corrected chi connectivity index (χ1v) is 7.30. The van der Waals surface area contributed by atoms with Crippen molar-refractivity contribution in [2.75, 3.05) is 13.7 Å². The van der Waals surface area contributed by atoms with Crippen LogP contribution >= 0.6 is 11.6 Å². The number of carbonyl (C=O) groups excluding carboxylic acids is 2. The maximum absolute atomic E-state index is 12.1. The molecule has 1 saturated carbocycles. The summed E-state index contributed by atoms with van der Waals surface area (Å²) in [4.78, 5) is 23.0. The standard InChI is InChI=1S/C16H16ClNO3/c1-21-13(19)3-2-6-18-16(20)15-12-8-9-7-10(17)4-5-11(9)14(12)15/h2-5,7,12,14-15H,6,8H2,1H3,(H,18,20)/b3-2+. The molecule has 0 heterocycles. The second-order valence-corrected chi connectivity index (χ2v) is 5.87. The van der Waals surface area contributed by atoms with Gasteiger partial charge in [0, 0.05) is 23.6 Å². The fourth-order valence-corrected chi connectivity index (χ4v) is 3.43. The van der Waals surface area contributed by atoms with Gasteiger partial charge >= 0.3 is 5.97 Å². The van der Waals surface area contributed by atoms with Crippen molar-refractivity contribution in [3.8, 4) is 0 Å². The van der Waals surface area contributed by atoms with E-state index >= 15 is 0 Å². The molecule has 5 heteroatoms. The molecular weight excluding hydrogens is 290 g/mol. The number of esters is 1. The normalized spacial score (nSPS) is 25.3. The minimum atomic E-state index is -0.418. The largest absolute Gasteiger partial charge is 0.466 e. The second kappa shape index (κ2) is 5.53.